The molecule has 0 bridgehead atoms. The summed E-state index contributed by atoms with van der Waals surface area (Å²) in [5.74, 6) is 6.62. The normalized spacial score (nSPS) is 14.1. The zero-order valence-electron chi connectivity index (χ0n) is 19.9. The number of carbonyl (C=O) groups is 2. The predicted molar refractivity (Wildman–Crippen MR) is 128 cm³/mol. The monoisotopic (exact) mass is 458 g/mol. The summed E-state index contributed by atoms with van der Waals surface area (Å²) in [4.78, 5) is 25.2. The number of amides is 1. The Balaban J connectivity index is 0.000000439. The van der Waals surface area contributed by atoms with Crippen molar-refractivity contribution in [1.29, 1.82) is 0 Å². The van der Waals surface area contributed by atoms with Crippen LogP contribution in [0.3, 0.4) is 0 Å². The quantitative estimate of drug-likeness (QED) is 0.426. The number of anilines is 1. The molecule has 0 atom stereocenters. The van der Waals surface area contributed by atoms with Crippen molar-refractivity contribution in [2.45, 2.75) is 80.2 Å². The summed E-state index contributed by atoms with van der Waals surface area (Å²) in [6.07, 6.45) is 8.05. The van der Waals surface area contributed by atoms with Gasteiger partial charge in [0, 0.05) is 11.0 Å². The lowest BCUT2D eigenvalue weighted by Crippen LogP contribution is -2.22. The van der Waals surface area contributed by atoms with Gasteiger partial charge in [0.1, 0.15) is 10.6 Å². The van der Waals surface area contributed by atoms with Crippen LogP contribution in [0.2, 0.25) is 0 Å². The van der Waals surface area contributed by atoms with Crippen LogP contribution < -0.4 is 4.90 Å². The first-order valence-corrected chi connectivity index (χ1v) is 11.9. The molecule has 1 fully saturated rings. The van der Waals surface area contributed by atoms with Gasteiger partial charge in [-0.2, -0.15) is 0 Å². The third kappa shape index (κ3) is 7.52. The summed E-state index contributed by atoms with van der Waals surface area (Å²) in [6.45, 7) is 12.0. The van der Waals surface area contributed by atoms with Crippen LogP contribution >= 0.6 is 11.3 Å². The summed E-state index contributed by atoms with van der Waals surface area (Å²) in [5.41, 5.74) is 1.56. The number of nitrogens with zero attached hydrogens (tertiary/aromatic N) is 2. The van der Waals surface area contributed by atoms with Gasteiger partial charge in [0.05, 0.1) is 22.8 Å². The maximum absolute atomic E-state index is 11.6. The van der Waals surface area contributed by atoms with E-state index >= 15 is 0 Å². The van der Waals surface area contributed by atoms with Gasteiger partial charge >= 0.3 is 5.97 Å². The number of thiophene rings is 1. The highest BCUT2D eigenvalue weighted by molar-refractivity contribution is 7.15. The summed E-state index contributed by atoms with van der Waals surface area (Å²) in [6, 6.07) is 1.64. The van der Waals surface area contributed by atoms with E-state index < -0.39 is 5.97 Å². The van der Waals surface area contributed by atoms with Gasteiger partial charge < -0.3 is 14.5 Å². The molecule has 2 aromatic heterocycles. The number of hydrogen-bond acceptors (Lipinski definition) is 5. The van der Waals surface area contributed by atoms with Gasteiger partial charge in [-0.05, 0) is 46.6 Å². The van der Waals surface area contributed by atoms with E-state index in [0.29, 0.717) is 28.4 Å². The summed E-state index contributed by atoms with van der Waals surface area (Å²) in [7, 11) is 0. The van der Waals surface area contributed by atoms with Crippen molar-refractivity contribution in [3.05, 3.63) is 32.8 Å². The van der Waals surface area contributed by atoms with E-state index in [1.165, 1.54) is 37.0 Å². The topological polar surface area (TPSA) is 83.6 Å². The van der Waals surface area contributed by atoms with E-state index in [1.807, 2.05) is 20.8 Å². The average molecular weight is 459 g/mol. The number of aryl methyl sites for hydroxylation is 2. The zero-order valence-corrected chi connectivity index (χ0v) is 20.8. The van der Waals surface area contributed by atoms with Gasteiger partial charge in [-0.3, -0.25) is 4.79 Å². The van der Waals surface area contributed by atoms with Crippen LogP contribution in [0, 0.1) is 37.0 Å². The number of aromatic nitrogens is 1. The minimum absolute atomic E-state index is 0.0806. The van der Waals surface area contributed by atoms with Crippen molar-refractivity contribution < 1.29 is 19.2 Å². The first-order chi connectivity index (χ1) is 15.0. The second kappa shape index (κ2) is 11.3. The molecule has 0 saturated heterocycles. The van der Waals surface area contributed by atoms with Crippen molar-refractivity contribution in [2.75, 3.05) is 4.90 Å². The Bertz CT molecular complexity index is 962. The van der Waals surface area contributed by atoms with E-state index in [9.17, 15) is 14.7 Å². The molecular weight excluding hydrogens is 424 g/mol. The third-order valence-corrected chi connectivity index (χ3v) is 6.34. The lowest BCUT2D eigenvalue weighted by molar-refractivity contribution is -0.107. The van der Waals surface area contributed by atoms with Gasteiger partial charge in [-0.15, -0.1) is 11.3 Å². The van der Waals surface area contributed by atoms with Crippen LogP contribution in [-0.2, 0) is 11.3 Å². The molecule has 6 nitrogen and oxygen atoms in total. The minimum atomic E-state index is -1.09. The minimum Gasteiger partial charge on any atom is -0.477 e. The Morgan fingerprint density at radius 1 is 1.31 bits per heavy atom. The number of carboxylic acids is 1. The van der Waals surface area contributed by atoms with Crippen LogP contribution in [0.5, 0.6) is 0 Å². The highest BCUT2D eigenvalue weighted by Gasteiger charge is 2.22. The van der Waals surface area contributed by atoms with Crippen molar-refractivity contribution in [2.24, 2.45) is 11.3 Å². The number of aromatic carboxylic acids is 1. The van der Waals surface area contributed by atoms with Crippen molar-refractivity contribution >= 4 is 29.4 Å². The van der Waals surface area contributed by atoms with Gasteiger partial charge in [0.25, 0.3) is 0 Å². The van der Waals surface area contributed by atoms with Crippen molar-refractivity contribution in [1.82, 2.24) is 5.16 Å². The van der Waals surface area contributed by atoms with Crippen molar-refractivity contribution in [3.63, 3.8) is 0 Å². The molecule has 1 amide bonds. The Morgan fingerprint density at radius 2 is 1.97 bits per heavy atom. The molecule has 3 rings (SSSR count). The largest absolute Gasteiger partial charge is 0.477 e. The molecule has 174 valence electrons. The van der Waals surface area contributed by atoms with Crippen LogP contribution in [0.4, 0.5) is 5.69 Å². The number of carbonyl (C=O) groups excluding carboxylic acids is 1. The Kier molecular flexibility index (Phi) is 9.09. The Labute approximate surface area is 195 Å². The maximum Gasteiger partial charge on any atom is 0.348 e. The fraction of sp³-hybridized carbons (Fsp3) is 0.560. The molecule has 2 heterocycles. The van der Waals surface area contributed by atoms with Crippen LogP contribution in [0.25, 0.3) is 0 Å². The first kappa shape index (κ1) is 25.7. The van der Waals surface area contributed by atoms with Crippen LogP contribution in [0.1, 0.15) is 91.4 Å². The molecule has 0 aromatic carbocycles. The molecule has 1 aliphatic carbocycles. The van der Waals surface area contributed by atoms with E-state index in [0.717, 1.165) is 22.8 Å². The van der Waals surface area contributed by atoms with Gasteiger partial charge in [-0.1, -0.05) is 56.0 Å². The van der Waals surface area contributed by atoms with E-state index in [2.05, 4.69) is 23.9 Å². The van der Waals surface area contributed by atoms with E-state index in [4.69, 9.17) is 4.52 Å². The zero-order chi connectivity index (χ0) is 23.9. The molecule has 1 saturated carbocycles. The number of carboxylic acid groups (broad SMARTS) is 1. The lowest BCUT2D eigenvalue weighted by Gasteiger charge is -2.16. The SMILES string of the molecule is CC1CCCCC1.Cc1noc(C)c1CN(C=O)c1cc(C#CC(C)(C)C)sc1C(=O)O. The van der Waals surface area contributed by atoms with E-state index in [1.54, 1.807) is 19.9 Å². The molecule has 0 aliphatic heterocycles. The standard InChI is InChI=1S/C18H20N2O4S.C7H14/c1-11-14(12(2)24-19-11)9-20(10-21)15-8-13(6-7-18(3,4)5)25-16(15)17(22)23;1-7-5-3-2-4-6-7/h8,10H,9H2,1-5H3,(H,22,23);7H,2-6H2,1H3. The molecule has 0 spiro atoms. The summed E-state index contributed by atoms with van der Waals surface area (Å²) in [5, 5.41) is 13.3. The number of rotatable bonds is 5. The van der Waals surface area contributed by atoms with Gasteiger partial charge in [-0.25, -0.2) is 4.79 Å². The molecule has 0 radical (unpaired) electrons. The fourth-order valence-electron chi connectivity index (χ4n) is 3.44. The molecule has 1 aliphatic rings. The highest BCUT2D eigenvalue weighted by atomic mass is 32.1. The van der Waals surface area contributed by atoms with E-state index in [-0.39, 0.29) is 16.8 Å². The Morgan fingerprint density at radius 3 is 2.41 bits per heavy atom. The molecule has 7 heteroatoms. The third-order valence-electron chi connectivity index (χ3n) is 5.31. The Hall–Kier alpha value is -2.59. The second-order valence-electron chi connectivity index (χ2n) is 9.41. The van der Waals surface area contributed by atoms with Gasteiger partial charge in [0.15, 0.2) is 0 Å². The van der Waals surface area contributed by atoms with Crippen molar-refractivity contribution in [3.8, 4) is 11.8 Å². The average Bonchev–Trinajstić information content (AvgIpc) is 3.29. The fourth-order valence-corrected chi connectivity index (χ4v) is 4.30. The van der Waals surface area contributed by atoms with Gasteiger partial charge in [0.2, 0.25) is 6.41 Å². The number of hydrogen-bond donors (Lipinski definition) is 1. The summed E-state index contributed by atoms with van der Waals surface area (Å²) < 4.78 is 5.11. The molecule has 1 N–H and O–H groups in total. The lowest BCUT2D eigenvalue weighted by atomic mass is 9.91. The van der Waals surface area contributed by atoms with Crippen LogP contribution in [0.15, 0.2) is 10.6 Å². The smallest absolute Gasteiger partial charge is 0.348 e. The maximum atomic E-state index is 11.6. The first-order valence-electron chi connectivity index (χ1n) is 11.1. The molecule has 0 unspecified atom stereocenters. The predicted octanol–water partition coefficient (Wildman–Crippen LogP) is 6.20. The second-order valence-corrected chi connectivity index (χ2v) is 10.5. The highest BCUT2D eigenvalue weighted by Crippen LogP contribution is 2.31. The summed E-state index contributed by atoms with van der Waals surface area (Å²) >= 11 is 1.06. The molecule has 32 heavy (non-hydrogen) atoms. The van der Waals surface area contributed by atoms with Crippen LogP contribution in [-0.4, -0.2) is 22.6 Å². The molecule has 2 aromatic rings. The molecular formula is C25H34N2O4S.